The van der Waals surface area contributed by atoms with Gasteiger partial charge in [0.1, 0.15) is 5.75 Å². The maximum absolute atomic E-state index is 11.7. The molecule has 0 aliphatic carbocycles. The Hall–Kier alpha value is -2.62. The quantitative estimate of drug-likeness (QED) is 0.573. The van der Waals surface area contributed by atoms with E-state index in [2.05, 4.69) is 0 Å². The topological polar surface area (TPSA) is 52.6 Å². The Morgan fingerprint density at radius 3 is 2.09 bits per heavy atom. The molecular formula is C19H20O4. The zero-order valence-corrected chi connectivity index (χ0v) is 13.2. The average Bonchev–Trinajstić information content (AvgIpc) is 2.56. The Kier molecular flexibility index (Phi) is 6.36. The molecule has 4 heteroatoms. The van der Waals surface area contributed by atoms with Crippen molar-refractivity contribution in [2.45, 2.75) is 26.2 Å². The number of rotatable bonds is 7. The number of ether oxygens (including phenoxy) is 2. The zero-order valence-electron chi connectivity index (χ0n) is 13.2. The molecule has 0 spiro atoms. The molecule has 0 N–H and O–H groups in total. The van der Waals surface area contributed by atoms with Gasteiger partial charge in [-0.3, -0.25) is 9.59 Å². The maximum Gasteiger partial charge on any atom is 0.311 e. The first kappa shape index (κ1) is 16.7. The molecule has 120 valence electrons. The minimum Gasteiger partial charge on any atom is -0.466 e. The van der Waals surface area contributed by atoms with Crippen molar-refractivity contribution < 1.29 is 19.1 Å². The lowest BCUT2D eigenvalue weighted by atomic mass is 10.1. The fraction of sp³-hybridized carbons (Fsp3) is 0.263. The van der Waals surface area contributed by atoms with Crippen molar-refractivity contribution in [2.75, 3.05) is 6.61 Å². The highest BCUT2D eigenvalue weighted by molar-refractivity contribution is 5.74. The summed E-state index contributed by atoms with van der Waals surface area (Å²) < 4.78 is 10.1. The molecule has 0 aromatic heterocycles. The Morgan fingerprint density at radius 1 is 0.826 bits per heavy atom. The van der Waals surface area contributed by atoms with E-state index < -0.39 is 0 Å². The van der Waals surface area contributed by atoms with Crippen molar-refractivity contribution in [3.63, 3.8) is 0 Å². The highest BCUT2D eigenvalue weighted by atomic mass is 16.5. The molecule has 0 bridgehead atoms. The summed E-state index contributed by atoms with van der Waals surface area (Å²) in [6.07, 6.45) is 0.856. The van der Waals surface area contributed by atoms with Crippen LogP contribution < -0.4 is 4.74 Å². The third-order valence-corrected chi connectivity index (χ3v) is 3.26. The highest BCUT2D eigenvalue weighted by Crippen LogP contribution is 2.22. The number of carbonyl (C=O) groups is 2. The highest BCUT2D eigenvalue weighted by Gasteiger charge is 2.08. The predicted octanol–water partition coefficient (Wildman–Crippen LogP) is 3.99. The van der Waals surface area contributed by atoms with Crippen LogP contribution in [0.2, 0.25) is 0 Å². The number of carbonyl (C=O) groups excluding carboxylic acids is 2. The fourth-order valence-electron chi connectivity index (χ4n) is 2.14. The van der Waals surface area contributed by atoms with E-state index in [0.717, 1.165) is 11.1 Å². The van der Waals surface area contributed by atoms with E-state index >= 15 is 0 Å². The van der Waals surface area contributed by atoms with E-state index in [-0.39, 0.29) is 24.8 Å². The van der Waals surface area contributed by atoms with Crippen LogP contribution in [-0.2, 0) is 14.3 Å². The Bertz CT molecular complexity index is 632. The van der Waals surface area contributed by atoms with E-state index in [1.54, 1.807) is 19.1 Å². The van der Waals surface area contributed by atoms with Gasteiger partial charge in [0.15, 0.2) is 0 Å². The van der Waals surface area contributed by atoms with Gasteiger partial charge >= 0.3 is 11.9 Å². The Labute approximate surface area is 136 Å². The lowest BCUT2D eigenvalue weighted by Gasteiger charge is -2.06. The van der Waals surface area contributed by atoms with Crippen molar-refractivity contribution in [3.05, 3.63) is 54.6 Å². The molecule has 0 heterocycles. The molecule has 0 atom stereocenters. The first-order valence-corrected chi connectivity index (χ1v) is 7.71. The van der Waals surface area contributed by atoms with Gasteiger partial charge in [-0.25, -0.2) is 0 Å². The van der Waals surface area contributed by atoms with Crippen LogP contribution in [0, 0.1) is 0 Å². The largest absolute Gasteiger partial charge is 0.466 e. The van der Waals surface area contributed by atoms with E-state index in [9.17, 15) is 9.59 Å². The van der Waals surface area contributed by atoms with E-state index in [0.29, 0.717) is 18.8 Å². The monoisotopic (exact) mass is 312 g/mol. The van der Waals surface area contributed by atoms with E-state index in [4.69, 9.17) is 9.47 Å². The third-order valence-electron chi connectivity index (χ3n) is 3.26. The normalized spacial score (nSPS) is 10.1. The molecule has 2 aromatic rings. The first-order chi connectivity index (χ1) is 11.2. The molecule has 0 unspecified atom stereocenters. The zero-order chi connectivity index (χ0) is 16.5. The van der Waals surface area contributed by atoms with Gasteiger partial charge in [-0.1, -0.05) is 42.5 Å². The molecule has 0 fully saturated rings. The van der Waals surface area contributed by atoms with Crippen LogP contribution >= 0.6 is 0 Å². The average molecular weight is 312 g/mol. The number of hydrogen-bond acceptors (Lipinski definition) is 4. The molecule has 0 saturated heterocycles. The van der Waals surface area contributed by atoms with Gasteiger partial charge in [0, 0.05) is 12.8 Å². The SMILES string of the molecule is CCOC(=O)CCCC(=O)Oc1ccc(-c2ccccc2)cc1. The number of benzene rings is 2. The summed E-state index contributed by atoms with van der Waals surface area (Å²) in [5.74, 6) is -0.125. The van der Waals surface area contributed by atoms with Crippen LogP contribution in [0.25, 0.3) is 11.1 Å². The molecule has 0 radical (unpaired) electrons. The smallest absolute Gasteiger partial charge is 0.311 e. The number of hydrogen-bond donors (Lipinski definition) is 0. The van der Waals surface area contributed by atoms with Crippen LogP contribution in [0.15, 0.2) is 54.6 Å². The standard InChI is InChI=1S/C19H20O4/c1-2-22-18(20)9-6-10-19(21)23-17-13-11-16(12-14-17)15-7-4-3-5-8-15/h3-5,7-8,11-14H,2,6,9-10H2,1H3. The van der Waals surface area contributed by atoms with Crippen LogP contribution in [0.4, 0.5) is 0 Å². The Balaban J connectivity index is 1.81. The van der Waals surface area contributed by atoms with Crippen LogP contribution in [0.3, 0.4) is 0 Å². The van der Waals surface area contributed by atoms with Crippen LogP contribution in [0.1, 0.15) is 26.2 Å². The summed E-state index contributed by atoms with van der Waals surface area (Å²) in [6, 6.07) is 17.3. The third kappa shape index (κ3) is 5.58. The second-order valence-electron chi connectivity index (χ2n) is 5.02. The minimum atomic E-state index is -0.346. The summed E-state index contributed by atoms with van der Waals surface area (Å²) in [6.45, 7) is 2.11. The second kappa shape index (κ2) is 8.73. The fourth-order valence-corrected chi connectivity index (χ4v) is 2.14. The molecule has 2 aromatic carbocycles. The summed E-state index contributed by atoms with van der Waals surface area (Å²) in [4.78, 5) is 22.9. The first-order valence-electron chi connectivity index (χ1n) is 7.71. The van der Waals surface area contributed by atoms with Crippen LogP contribution in [-0.4, -0.2) is 18.5 Å². The molecule has 0 amide bonds. The van der Waals surface area contributed by atoms with Gasteiger partial charge in [-0.2, -0.15) is 0 Å². The van der Waals surface area contributed by atoms with Gasteiger partial charge < -0.3 is 9.47 Å². The molecule has 0 aliphatic heterocycles. The summed E-state index contributed by atoms with van der Waals surface area (Å²) in [5.41, 5.74) is 2.17. The lowest BCUT2D eigenvalue weighted by Crippen LogP contribution is -2.10. The Morgan fingerprint density at radius 2 is 1.43 bits per heavy atom. The van der Waals surface area contributed by atoms with Crippen LogP contribution in [0.5, 0.6) is 5.75 Å². The molecule has 2 rings (SSSR count). The van der Waals surface area contributed by atoms with Gasteiger partial charge in [-0.15, -0.1) is 0 Å². The maximum atomic E-state index is 11.7. The minimum absolute atomic E-state index is 0.194. The lowest BCUT2D eigenvalue weighted by molar-refractivity contribution is -0.143. The van der Waals surface area contributed by atoms with Gasteiger partial charge in [0.25, 0.3) is 0 Å². The van der Waals surface area contributed by atoms with Gasteiger partial charge in [-0.05, 0) is 36.6 Å². The molecular weight excluding hydrogens is 292 g/mol. The summed E-state index contributed by atoms with van der Waals surface area (Å²) in [7, 11) is 0. The predicted molar refractivity (Wildman–Crippen MR) is 88.0 cm³/mol. The molecule has 0 saturated carbocycles. The van der Waals surface area contributed by atoms with Crippen molar-refractivity contribution in [1.29, 1.82) is 0 Å². The summed E-state index contributed by atoms with van der Waals surface area (Å²) >= 11 is 0. The molecule has 23 heavy (non-hydrogen) atoms. The van der Waals surface area contributed by atoms with Crippen molar-refractivity contribution in [1.82, 2.24) is 0 Å². The summed E-state index contributed by atoms with van der Waals surface area (Å²) in [5, 5.41) is 0. The van der Waals surface area contributed by atoms with E-state index in [1.807, 2.05) is 42.5 Å². The second-order valence-corrected chi connectivity index (χ2v) is 5.02. The molecule has 0 aliphatic rings. The van der Waals surface area contributed by atoms with Crippen molar-refractivity contribution >= 4 is 11.9 Å². The van der Waals surface area contributed by atoms with Gasteiger partial charge in [0.05, 0.1) is 6.61 Å². The van der Waals surface area contributed by atoms with Crippen molar-refractivity contribution in [2.24, 2.45) is 0 Å². The van der Waals surface area contributed by atoms with Gasteiger partial charge in [0.2, 0.25) is 0 Å². The van der Waals surface area contributed by atoms with E-state index in [1.165, 1.54) is 0 Å². The number of esters is 2. The molecule has 4 nitrogen and oxygen atoms in total. The van der Waals surface area contributed by atoms with Crippen molar-refractivity contribution in [3.8, 4) is 16.9 Å².